The van der Waals surface area contributed by atoms with E-state index < -0.39 is 86.1 Å². The molecule has 0 N–H and O–H groups in total. The van der Waals surface area contributed by atoms with Gasteiger partial charge in [-0.25, -0.2) is 0 Å². The molecule has 24 heteroatoms. The normalized spacial score (nSPS) is 39.7. The molecule has 0 saturated carbocycles. The summed E-state index contributed by atoms with van der Waals surface area (Å²) in [5, 5.41) is 0. The Kier molecular flexibility index (Phi) is 13.9. The fourth-order valence-electron chi connectivity index (χ4n) is 2.22. The summed E-state index contributed by atoms with van der Waals surface area (Å²) in [6.07, 6.45) is 0. The van der Waals surface area contributed by atoms with Gasteiger partial charge in [0.25, 0.3) is 0 Å². The van der Waals surface area contributed by atoms with Crippen molar-refractivity contribution < 1.29 is 52.3 Å². The van der Waals surface area contributed by atoms with Crippen LogP contribution >= 0.6 is 46.5 Å². The fraction of sp³-hybridized carbons (Fsp3) is 1.00. The maximum atomic E-state index is 15.7. The molecule has 0 spiro atoms. The van der Waals surface area contributed by atoms with E-state index in [1.807, 2.05) is 0 Å². The van der Waals surface area contributed by atoms with Crippen LogP contribution in [0.15, 0.2) is 27.1 Å². The monoisotopic (exact) mass is 654 g/mol. The van der Waals surface area contributed by atoms with Crippen LogP contribution in [0.25, 0.3) is 0 Å². The summed E-state index contributed by atoms with van der Waals surface area (Å²) in [5.74, 6) is 0. The lowest BCUT2D eigenvalue weighted by Gasteiger charge is -2.22. The van der Waals surface area contributed by atoms with Gasteiger partial charge < -0.3 is 27.1 Å². The van der Waals surface area contributed by atoms with E-state index in [2.05, 4.69) is 27.1 Å². The average molecular weight is 654 g/mol. The minimum absolute atomic E-state index is 0.531. The van der Waals surface area contributed by atoms with E-state index >= 15 is 25.2 Å². The van der Waals surface area contributed by atoms with Crippen molar-refractivity contribution in [3.8, 4) is 0 Å². The Labute approximate surface area is 207 Å². The second-order valence-electron chi connectivity index (χ2n) is 5.88. The van der Waals surface area contributed by atoms with Gasteiger partial charge in [0.05, 0.1) is 39.6 Å². The molecule has 0 amide bonds. The molecule has 0 bridgehead atoms. The third-order valence-electron chi connectivity index (χ3n) is 3.08. The molecule has 0 aromatic carbocycles. The number of rotatable bonds is 12. The highest BCUT2D eigenvalue weighted by molar-refractivity contribution is 7.78. The van der Waals surface area contributed by atoms with Crippen LogP contribution in [-0.4, -0.2) is 39.6 Å². The molecule has 1 aliphatic rings. The zero-order valence-corrected chi connectivity index (χ0v) is 25.7. The van der Waals surface area contributed by atoms with Gasteiger partial charge in [0.2, 0.25) is 0 Å². The minimum atomic E-state index is -5.46. The number of hydrogen-bond donors (Lipinski definition) is 0. The van der Waals surface area contributed by atoms with Gasteiger partial charge in [0.15, 0.2) is 0 Å². The van der Waals surface area contributed by atoms with Crippen LogP contribution in [0.1, 0.15) is 41.5 Å². The first-order valence-electron chi connectivity index (χ1n) is 10.5. The molecular weight excluding hydrogens is 624 g/mol. The molecular formula is C12H30F6N6O6P6. The lowest BCUT2D eigenvalue weighted by Crippen LogP contribution is -1.92. The largest absolute Gasteiger partial charge is 0.387 e. The first-order valence-corrected chi connectivity index (χ1v) is 19.5. The Bertz CT molecular complexity index is 857. The summed E-state index contributed by atoms with van der Waals surface area (Å²) < 4.78 is 141. The molecule has 12 nitrogen and oxygen atoms in total. The third-order valence-corrected chi connectivity index (χ3v) is 17.2. The van der Waals surface area contributed by atoms with Crippen LogP contribution in [0.3, 0.4) is 0 Å². The van der Waals surface area contributed by atoms with Crippen LogP contribution in [0, 0.1) is 0 Å². The zero-order chi connectivity index (χ0) is 27.7. The van der Waals surface area contributed by atoms with Gasteiger partial charge in [-0.3, -0.25) is 0 Å². The Morgan fingerprint density at radius 1 is 0.333 bits per heavy atom. The highest BCUT2D eigenvalue weighted by Crippen LogP contribution is 2.82. The van der Waals surface area contributed by atoms with E-state index in [4.69, 9.17) is 27.1 Å². The van der Waals surface area contributed by atoms with Gasteiger partial charge in [-0.05, 0) is 41.5 Å². The van der Waals surface area contributed by atoms with Crippen molar-refractivity contribution in [2.75, 3.05) is 39.6 Å². The van der Waals surface area contributed by atoms with Crippen molar-refractivity contribution in [1.82, 2.24) is 0 Å². The van der Waals surface area contributed by atoms with Crippen molar-refractivity contribution in [3.05, 3.63) is 0 Å². The van der Waals surface area contributed by atoms with Crippen molar-refractivity contribution in [3.63, 3.8) is 0 Å². The van der Waals surface area contributed by atoms with Crippen LogP contribution in [0.4, 0.5) is 25.2 Å². The summed E-state index contributed by atoms with van der Waals surface area (Å²) in [4.78, 5) is 0. The van der Waals surface area contributed by atoms with Gasteiger partial charge in [0, 0.05) is 0 Å². The predicted molar refractivity (Wildman–Crippen MR) is 132 cm³/mol. The smallest absolute Gasteiger partial charge is 0.303 e. The van der Waals surface area contributed by atoms with E-state index in [-0.39, 0.29) is 0 Å². The van der Waals surface area contributed by atoms with Crippen molar-refractivity contribution >= 4 is 46.5 Å². The maximum Gasteiger partial charge on any atom is 0.387 e. The number of hydrogen-bond acceptors (Lipinski definition) is 12. The Morgan fingerprint density at radius 3 is 0.528 bits per heavy atom. The quantitative estimate of drug-likeness (QED) is 0.152. The highest BCUT2D eigenvalue weighted by atomic mass is 31.3. The second-order valence-corrected chi connectivity index (χ2v) is 17.4. The Balaban J connectivity index is 4.50. The third kappa shape index (κ3) is 10.7. The van der Waals surface area contributed by atoms with Crippen molar-refractivity contribution in [1.29, 1.82) is 0 Å². The van der Waals surface area contributed by atoms with E-state index in [0.717, 1.165) is 0 Å². The SMILES string of the molecule is CCOP1(F)=NP(F)(OCC)=NP(F)(OCC)=NP(F)(OCC)=NP(F)(OCC)=NP(F)(OCC)=N1. The van der Waals surface area contributed by atoms with Gasteiger partial charge in [-0.1, -0.05) is 0 Å². The lowest BCUT2D eigenvalue weighted by molar-refractivity contribution is 0.328. The average Bonchev–Trinajstić information content (AvgIpc) is 2.65. The molecule has 36 heavy (non-hydrogen) atoms. The van der Waals surface area contributed by atoms with E-state index in [1.54, 1.807) is 0 Å². The molecule has 0 radical (unpaired) electrons. The van der Waals surface area contributed by atoms with Crippen LogP contribution in [-0.2, 0) is 27.1 Å². The lowest BCUT2D eigenvalue weighted by atomic mass is 10.9. The zero-order valence-electron chi connectivity index (χ0n) is 20.3. The van der Waals surface area contributed by atoms with Crippen molar-refractivity contribution in [2.24, 2.45) is 27.1 Å². The first-order chi connectivity index (χ1) is 16.6. The van der Waals surface area contributed by atoms with Crippen LogP contribution in [0.2, 0.25) is 0 Å². The molecule has 0 aromatic heterocycles. The molecule has 216 valence electrons. The molecule has 0 atom stereocenters. The summed E-state index contributed by atoms with van der Waals surface area (Å²) in [5.41, 5.74) is 0. The van der Waals surface area contributed by atoms with Crippen molar-refractivity contribution in [2.45, 2.75) is 41.5 Å². The molecule has 1 aliphatic heterocycles. The number of nitrogens with zero attached hydrogens (tertiary/aromatic N) is 6. The molecule has 0 aromatic rings. The fourth-order valence-corrected chi connectivity index (χ4v) is 16.0. The Hall–Kier alpha value is 0.720. The maximum absolute atomic E-state index is 15.7. The van der Waals surface area contributed by atoms with E-state index in [1.165, 1.54) is 41.5 Å². The predicted octanol–water partition coefficient (Wildman–Crippen LogP) is 11.7. The summed E-state index contributed by atoms with van der Waals surface area (Å²) >= 11 is 0. The standard InChI is InChI=1S/C12H30F6N6O6P6/c1-7-25-31(13)19-32(14,26-8-2)21-34(16,28-10-4)23-36(18,30-12-6)24-35(17,29-11-5)22-33(15,20-31)27-9-3/h7-12H2,1-6H3. The summed E-state index contributed by atoms with van der Waals surface area (Å²) in [6, 6.07) is 0. The second kappa shape index (κ2) is 14.4. The van der Waals surface area contributed by atoms with Gasteiger partial charge >= 0.3 is 46.5 Å². The van der Waals surface area contributed by atoms with E-state index in [9.17, 15) is 0 Å². The molecule has 0 aliphatic carbocycles. The summed E-state index contributed by atoms with van der Waals surface area (Å²) in [7, 11) is -32.8. The molecule has 1 heterocycles. The molecule has 0 unspecified atom stereocenters. The number of halogens is 6. The van der Waals surface area contributed by atoms with Gasteiger partial charge in [0.1, 0.15) is 0 Å². The minimum Gasteiger partial charge on any atom is -0.303 e. The van der Waals surface area contributed by atoms with Crippen LogP contribution < -0.4 is 0 Å². The topological polar surface area (TPSA) is 130 Å². The molecule has 1 rings (SSSR count). The highest BCUT2D eigenvalue weighted by Gasteiger charge is 2.42. The van der Waals surface area contributed by atoms with Gasteiger partial charge in [-0.2, -0.15) is 25.2 Å². The molecule has 0 fully saturated rings. The first kappa shape index (κ1) is 34.7. The van der Waals surface area contributed by atoms with Crippen LogP contribution in [0.5, 0.6) is 0 Å². The van der Waals surface area contributed by atoms with Gasteiger partial charge in [-0.15, -0.1) is 27.1 Å². The Morgan fingerprint density at radius 2 is 0.444 bits per heavy atom. The van der Waals surface area contributed by atoms with E-state index in [0.29, 0.717) is 0 Å². The molecule has 0 saturated heterocycles. The summed E-state index contributed by atoms with van der Waals surface area (Å²) in [6.45, 7) is 4.25.